The first kappa shape index (κ1) is 16.1. The molecule has 2 aromatic carbocycles. The Morgan fingerprint density at radius 2 is 2.08 bits per heavy atom. The number of ether oxygens (including phenoxy) is 2. The van der Waals surface area contributed by atoms with E-state index in [9.17, 15) is 5.26 Å². The Morgan fingerprint density at radius 3 is 2.92 bits per heavy atom. The normalized spacial score (nSPS) is 12.7. The summed E-state index contributed by atoms with van der Waals surface area (Å²) in [4.78, 5) is 4.54. The van der Waals surface area contributed by atoms with Crippen molar-refractivity contribution in [3.63, 3.8) is 0 Å². The van der Waals surface area contributed by atoms with Gasteiger partial charge in [-0.05, 0) is 36.8 Å². The number of benzene rings is 2. The van der Waals surface area contributed by atoms with Crippen LogP contribution in [-0.2, 0) is 0 Å². The van der Waals surface area contributed by atoms with Crippen molar-refractivity contribution in [2.24, 2.45) is 5.10 Å². The highest BCUT2D eigenvalue weighted by Gasteiger charge is 2.16. The quantitative estimate of drug-likeness (QED) is 0.556. The van der Waals surface area contributed by atoms with Crippen molar-refractivity contribution in [1.29, 1.82) is 5.26 Å². The van der Waals surface area contributed by atoms with Gasteiger partial charge in [0.05, 0.1) is 11.4 Å². The third-order valence-electron chi connectivity index (χ3n) is 3.91. The zero-order valence-electron chi connectivity index (χ0n) is 13.9. The maximum atomic E-state index is 9.44. The van der Waals surface area contributed by atoms with Crippen LogP contribution in [0.15, 0.2) is 52.9 Å². The molecule has 0 spiro atoms. The molecule has 1 N–H and O–H groups in total. The molecule has 1 aliphatic rings. The van der Waals surface area contributed by atoms with Crippen LogP contribution in [0.5, 0.6) is 11.5 Å². The highest BCUT2D eigenvalue weighted by atomic mass is 32.1. The molecule has 2 heterocycles. The predicted molar refractivity (Wildman–Crippen MR) is 101 cm³/mol. The summed E-state index contributed by atoms with van der Waals surface area (Å²) >= 11 is 1.37. The first-order valence-electron chi connectivity index (χ1n) is 7.90. The van der Waals surface area contributed by atoms with Crippen LogP contribution in [0.3, 0.4) is 0 Å². The highest BCUT2D eigenvalue weighted by Crippen LogP contribution is 2.36. The fraction of sp³-hybridized carbons (Fsp3) is 0.105. The molecule has 128 valence electrons. The lowest BCUT2D eigenvalue weighted by molar-refractivity contribution is 0.174. The largest absolute Gasteiger partial charge is 0.454 e. The number of thiazole rings is 1. The number of anilines is 1. The number of aryl methyl sites for hydroxylation is 1. The Balaban J connectivity index is 1.59. The zero-order valence-corrected chi connectivity index (χ0v) is 14.7. The summed E-state index contributed by atoms with van der Waals surface area (Å²) in [5.74, 6) is 1.43. The number of rotatable bonds is 4. The number of para-hydroxylation sites is 1. The van der Waals surface area contributed by atoms with Crippen LogP contribution in [0.2, 0.25) is 0 Å². The third-order valence-corrected chi connectivity index (χ3v) is 4.76. The molecule has 1 aromatic heterocycles. The van der Waals surface area contributed by atoms with Gasteiger partial charge in [0.1, 0.15) is 6.07 Å². The fourth-order valence-corrected chi connectivity index (χ4v) is 3.27. The molecule has 0 saturated heterocycles. The molecule has 0 atom stereocenters. The van der Waals surface area contributed by atoms with E-state index in [0.29, 0.717) is 10.8 Å². The van der Waals surface area contributed by atoms with Crippen LogP contribution < -0.4 is 14.9 Å². The van der Waals surface area contributed by atoms with E-state index >= 15 is 0 Å². The minimum Gasteiger partial charge on any atom is -0.454 e. The Bertz CT molecular complexity index is 1040. The van der Waals surface area contributed by atoms with Gasteiger partial charge >= 0.3 is 0 Å². The van der Waals surface area contributed by atoms with E-state index in [-0.39, 0.29) is 12.5 Å². The summed E-state index contributed by atoms with van der Waals surface area (Å²) < 4.78 is 10.7. The molecule has 0 bridgehead atoms. The van der Waals surface area contributed by atoms with Crippen LogP contribution in [0.25, 0.3) is 11.3 Å². The van der Waals surface area contributed by atoms with Gasteiger partial charge in [-0.3, -0.25) is 5.43 Å². The van der Waals surface area contributed by atoms with Gasteiger partial charge in [-0.2, -0.15) is 10.4 Å². The van der Waals surface area contributed by atoms with Crippen LogP contribution in [-0.4, -0.2) is 17.5 Å². The predicted octanol–water partition coefficient (Wildman–Crippen LogP) is 4.19. The summed E-state index contributed by atoms with van der Waals surface area (Å²) in [5, 5.41) is 16.1. The van der Waals surface area contributed by atoms with Gasteiger partial charge in [0.25, 0.3) is 0 Å². The molecule has 1 aliphatic heterocycles. The van der Waals surface area contributed by atoms with E-state index in [0.717, 1.165) is 28.3 Å². The van der Waals surface area contributed by atoms with Gasteiger partial charge < -0.3 is 9.47 Å². The van der Waals surface area contributed by atoms with Gasteiger partial charge in [-0.15, -0.1) is 11.3 Å². The fourth-order valence-electron chi connectivity index (χ4n) is 2.51. The molecule has 3 aromatic rings. The van der Waals surface area contributed by atoms with Crippen molar-refractivity contribution in [2.75, 3.05) is 12.2 Å². The van der Waals surface area contributed by atoms with Gasteiger partial charge in [0.15, 0.2) is 22.2 Å². The van der Waals surface area contributed by atoms with Crippen molar-refractivity contribution < 1.29 is 9.47 Å². The van der Waals surface area contributed by atoms with Crippen molar-refractivity contribution in [1.82, 2.24) is 4.98 Å². The van der Waals surface area contributed by atoms with Gasteiger partial charge in [0, 0.05) is 10.9 Å². The second-order valence-corrected chi connectivity index (χ2v) is 6.46. The highest BCUT2D eigenvalue weighted by molar-refractivity contribution is 7.12. The molecule has 0 amide bonds. The molecule has 6 nitrogen and oxygen atoms in total. The second kappa shape index (κ2) is 6.86. The Labute approximate surface area is 154 Å². The molecular weight excluding hydrogens is 348 g/mol. The van der Waals surface area contributed by atoms with Gasteiger partial charge in [-0.25, -0.2) is 4.98 Å². The van der Waals surface area contributed by atoms with Crippen LogP contribution >= 0.6 is 11.3 Å². The minimum atomic E-state index is 0.233. The molecule has 0 fully saturated rings. The summed E-state index contributed by atoms with van der Waals surface area (Å²) in [5.41, 5.74) is 6.76. The molecular formula is C19H14N4O2S. The number of aromatic nitrogens is 1. The van der Waals surface area contributed by atoms with Crippen LogP contribution in [0, 0.1) is 18.3 Å². The van der Waals surface area contributed by atoms with E-state index in [1.807, 2.05) is 54.8 Å². The second-order valence-electron chi connectivity index (χ2n) is 5.60. The van der Waals surface area contributed by atoms with Crippen molar-refractivity contribution in [3.05, 3.63) is 58.4 Å². The zero-order chi connectivity index (χ0) is 17.9. The summed E-state index contributed by atoms with van der Waals surface area (Å²) in [6.45, 7) is 2.21. The number of nitrogens with zero attached hydrogens (tertiary/aromatic N) is 3. The molecule has 26 heavy (non-hydrogen) atoms. The van der Waals surface area contributed by atoms with Crippen molar-refractivity contribution in [2.45, 2.75) is 6.92 Å². The summed E-state index contributed by atoms with van der Waals surface area (Å²) in [6.07, 6.45) is 0. The van der Waals surface area contributed by atoms with E-state index in [2.05, 4.69) is 21.6 Å². The minimum absolute atomic E-state index is 0.233. The number of nitriles is 1. The number of hydrogen-bond acceptors (Lipinski definition) is 7. The molecule has 0 unspecified atom stereocenters. The smallest absolute Gasteiger partial charge is 0.231 e. The Morgan fingerprint density at radius 1 is 1.23 bits per heavy atom. The molecule has 7 heteroatoms. The van der Waals surface area contributed by atoms with E-state index in [4.69, 9.17) is 9.47 Å². The number of nitrogens with one attached hydrogen (secondary N) is 1. The molecule has 0 radical (unpaired) electrons. The van der Waals surface area contributed by atoms with E-state index < -0.39 is 0 Å². The lowest BCUT2D eigenvalue weighted by Crippen LogP contribution is -2.02. The van der Waals surface area contributed by atoms with E-state index in [1.54, 1.807) is 0 Å². The Kier molecular flexibility index (Phi) is 4.25. The topological polar surface area (TPSA) is 79.5 Å². The first-order valence-corrected chi connectivity index (χ1v) is 8.78. The van der Waals surface area contributed by atoms with Crippen molar-refractivity contribution >= 4 is 22.7 Å². The average Bonchev–Trinajstić information content (AvgIpc) is 3.32. The van der Waals surface area contributed by atoms with Crippen LogP contribution in [0.1, 0.15) is 10.6 Å². The maximum absolute atomic E-state index is 9.44. The lowest BCUT2D eigenvalue weighted by Gasteiger charge is -2.03. The number of fused-ring (bicyclic) bond motifs is 1. The summed E-state index contributed by atoms with van der Waals surface area (Å²) in [7, 11) is 0. The van der Waals surface area contributed by atoms with Gasteiger partial charge in [-0.1, -0.05) is 18.2 Å². The monoisotopic (exact) mass is 362 g/mol. The lowest BCUT2D eigenvalue weighted by atomic mass is 10.1. The molecule has 0 saturated carbocycles. The molecule has 4 rings (SSSR count). The average molecular weight is 362 g/mol. The SMILES string of the molecule is Cc1ccccc1N/N=C(\C#N)c1nc(-c2ccc3c(c2)OCO3)cs1. The van der Waals surface area contributed by atoms with Gasteiger partial charge in [0.2, 0.25) is 6.79 Å². The third kappa shape index (κ3) is 3.10. The molecule has 0 aliphatic carbocycles. The van der Waals surface area contributed by atoms with E-state index in [1.165, 1.54) is 11.3 Å². The number of hydrazone groups is 1. The maximum Gasteiger partial charge on any atom is 0.231 e. The summed E-state index contributed by atoms with van der Waals surface area (Å²) in [6, 6.07) is 15.5. The first-order chi connectivity index (χ1) is 12.7. The standard InChI is InChI=1S/C19H14N4O2S/c1-12-4-2-3-5-14(12)22-23-15(9-20)19-21-16(10-26-19)13-6-7-17-18(8-13)25-11-24-17/h2-8,10,22H,11H2,1H3/b23-15+. The number of hydrogen-bond donors (Lipinski definition) is 1. The Hall–Kier alpha value is -3.37. The van der Waals surface area contributed by atoms with Crippen LogP contribution in [0.4, 0.5) is 5.69 Å². The van der Waals surface area contributed by atoms with Crippen molar-refractivity contribution in [3.8, 4) is 28.8 Å².